The maximum absolute atomic E-state index is 5.74. The van der Waals surface area contributed by atoms with E-state index < -0.39 is 0 Å². The molecule has 2 N–H and O–H groups in total. The van der Waals surface area contributed by atoms with Crippen molar-refractivity contribution < 1.29 is 0 Å². The Bertz CT molecular complexity index is 712. The molecule has 4 nitrogen and oxygen atoms in total. The van der Waals surface area contributed by atoms with Crippen LogP contribution in [-0.4, -0.2) is 10.2 Å². The van der Waals surface area contributed by atoms with Gasteiger partial charge in [0.05, 0.1) is 5.69 Å². The summed E-state index contributed by atoms with van der Waals surface area (Å²) in [6.45, 7) is 0.724. The molecule has 0 unspecified atom stereocenters. The molecule has 3 aromatic rings. The van der Waals surface area contributed by atoms with Crippen molar-refractivity contribution >= 4 is 17.3 Å². The zero-order valence-corrected chi connectivity index (χ0v) is 12.6. The fourth-order valence-corrected chi connectivity index (χ4v) is 2.13. The van der Waals surface area contributed by atoms with Crippen LogP contribution in [-0.2, 0) is 6.54 Å². The number of halogens is 1. The second-order valence-electron chi connectivity index (χ2n) is 4.78. The number of anilines is 1. The van der Waals surface area contributed by atoms with Crippen LogP contribution in [0.1, 0.15) is 5.56 Å². The van der Waals surface area contributed by atoms with Gasteiger partial charge < -0.3 is 5.43 Å². The van der Waals surface area contributed by atoms with Gasteiger partial charge in [0.2, 0.25) is 0 Å². The molecule has 0 saturated heterocycles. The van der Waals surface area contributed by atoms with Gasteiger partial charge in [-0.2, -0.15) is 0 Å². The first-order valence-electron chi connectivity index (χ1n) is 6.94. The molecule has 0 radical (unpaired) electrons. The fraction of sp³-hybridized carbons (Fsp3) is 0.0588. The zero-order valence-electron chi connectivity index (χ0n) is 11.8. The van der Waals surface area contributed by atoms with E-state index in [1.54, 1.807) is 6.07 Å². The Balaban J connectivity index is 1.58. The number of benzene rings is 2. The molecule has 1 heterocycles. The van der Waals surface area contributed by atoms with E-state index in [0.717, 1.165) is 23.5 Å². The molecule has 0 aliphatic carbocycles. The summed E-state index contributed by atoms with van der Waals surface area (Å²) in [4.78, 5) is 0. The van der Waals surface area contributed by atoms with Gasteiger partial charge in [-0.3, -0.25) is 0 Å². The smallest absolute Gasteiger partial charge is 0.151 e. The van der Waals surface area contributed by atoms with Gasteiger partial charge >= 0.3 is 0 Å². The molecule has 0 aliphatic heterocycles. The van der Waals surface area contributed by atoms with E-state index in [4.69, 9.17) is 11.6 Å². The largest absolute Gasteiger partial charge is 0.321 e. The quantitative estimate of drug-likeness (QED) is 0.701. The van der Waals surface area contributed by atoms with Gasteiger partial charge in [-0.15, -0.1) is 10.2 Å². The minimum Gasteiger partial charge on any atom is -0.321 e. The Labute approximate surface area is 134 Å². The van der Waals surface area contributed by atoms with Crippen molar-refractivity contribution in [3.8, 4) is 11.3 Å². The normalized spacial score (nSPS) is 10.4. The molecule has 0 bridgehead atoms. The number of hydrogen-bond acceptors (Lipinski definition) is 4. The topological polar surface area (TPSA) is 49.8 Å². The zero-order chi connectivity index (χ0) is 15.2. The van der Waals surface area contributed by atoms with Crippen LogP contribution in [0.4, 0.5) is 5.69 Å². The Morgan fingerprint density at radius 3 is 2.27 bits per heavy atom. The lowest BCUT2D eigenvalue weighted by Crippen LogP contribution is -2.20. The van der Waals surface area contributed by atoms with E-state index in [9.17, 15) is 0 Å². The molecule has 0 saturated carbocycles. The minimum atomic E-state index is 0.400. The first-order valence-corrected chi connectivity index (χ1v) is 7.31. The number of para-hydroxylation sites is 1. The van der Waals surface area contributed by atoms with E-state index in [2.05, 4.69) is 33.2 Å². The second-order valence-corrected chi connectivity index (χ2v) is 5.17. The first kappa shape index (κ1) is 14.5. The van der Waals surface area contributed by atoms with E-state index in [-0.39, 0.29) is 0 Å². The van der Waals surface area contributed by atoms with Gasteiger partial charge in [0, 0.05) is 17.8 Å². The molecule has 1 aromatic heterocycles. The Morgan fingerprint density at radius 1 is 0.818 bits per heavy atom. The number of hydrogen-bond donors (Lipinski definition) is 2. The number of nitrogens with one attached hydrogen (secondary N) is 2. The van der Waals surface area contributed by atoms with Crippen molar-refractivity contribution in [1.82, 2.24) is 15.6 Å². The summed E-state index contributed by atoms with van der Waals surface area (Å²) in [5.74, 6) is 0. The number of aromatic nitrogens is 2. The van der Waals surface area contributed by atoms with Crippen molar-refractivity contribution in [1.29, 1.82) is 0 Å². The average molecular weight is 311 g/mol. The lowest BCUT2D eigenvalue weighted by atomic mass is 10.1. The molecular weight excluding hydrogens is 296 g/mol. The SMILES string of the molecule is Clc1ccc(-c2ccc(CNNc3ccccc3)cc2)nn1. The van der Waals surface area contributed by atoms with Crippen molar-refractivity contribution in [3.63, 3.8) is 0 Å². The summed E-state index contributed by atoms with van der Waals surface area (Å²) in [7, 11) is 0. The van der Waals surface area contributed by atoms with Crippen LogP contribution in [0.25, 0.3) is 11.3 Å². The van der Waals surface area contributed by atoms with Crippen LogP contribution in [0.3, 0.4) is 0 Å². The first-order chi connectivity index (χ1) is 10.8. The molecule has 3 rings (SSSR count). The lowest BCUT2D eigenvalue weighted by Gasteiger charge is -2.08. The molecule has 0 spiro atoms. The van der Waals surface area contributed by atoms with Crippen molar-refractivity contribution in [3.05, 3.63) is 77.4 Å². The monoisotopic (exact) mass is 310 g/mol. The summed E-state index contributed by atoms with van der Waals surface area (Å²) in [5.41, 5.74) is 10.4. The third-order valence-electron chi connectivity index (χ3n) is 3.18. The fourth-order valence-electron chi connectivity index (χ4n) is 2.03. The molecule has 110 valence electrons. The van der Waals surface area contributed by atoms with Crippen molar-refractivity contribution in [2.45, 2.75) is 6.54 Å². The van der Waals surface area contributed by atoms with E-state index >= 15 is 0 Å². The number of nitrogens with zero attached hydrogens (tertiary/aromatic N) is 2. The van der Waals surface area contributed by atoms with Crippen molar-refractivity contribution in [2.75, 3.05) is 5.43 Å². The van der Waals surface area contributed by atoms with Gasteiger partial charge in [0.25, 0.3) is 0 Å². The maximum atomic E-state index is 5.74. The predicted molar refractivity (Wildman–Crippen MR) is 89.4 cm³/mol. The van der Waals surface area contributed by atoms with E-state index in [1.165, 1.54) is 5.56 Å². The molecule has 5 heteroatoms. The van der Waals surface area contributed by atoms with Gasteiger partial charge in [0.15, 0.2) is 5.15 Å². The van der Waals surface area contributed by atoms with E-state index in [0.29, 0.717) is 5.15 Å². The Kier molecular flexibility index (Phi) is 4.63. The molecule has 0 fully saturated rings. The van der Waals surface area contributed by atoms with E-state index in [1.807, 2.05) is 48.5 Å². The van der Waals surface area contributed by atoms with Crippen molar-refractivity contribution in [2.24, 2.45) is 0 Å². The highest BCUT2D eigenvalue weighted by atomic mass is 35.5. The summed E-state index contributed by atoms with van der Waals surface area (Å²) >= 11 is 5.74. The van der Waals surface area contributed by atoms with Gasteiger partial charge in [-0.25, -0.2) is 5.43 Å². The molecule has 22 heavy (non-hydrogen) atoms. The van der Waals surface area contributed by atoms with Crippen LogP contribution in [0.2, 0.25) is 5.15 Å². The molecule has 0 aliphatic rings. The number of hydrazine groups is 1. The van der Waals surface area contributed by atoms with Crippen LogP contribution >= 0.6 is 11.6 Å². The minimum absolute atomic E-state index is 0.400. The summed E-state index contributed by atoms with van der Waals surface area (Å²) < 4.78 is 0. The van der Waals surface area contributed by atoms with Gasteiger partial charge in [-0.05, 0) is 29.8 Å². The highest BCUT2D eigenvalue weighted by Crippen LogP contribution is 2.17. The summed E-state index contributed by atoms with van der Waals surface area (Å²) in [6.07, 6.45) is 0. The standard InChI is InChI=1S/C17H15ClN4/c18-17-11-10-16(21-22-17)14-8-6-13(7-9-14)12-19-20-15-4-2-1-3-5-15/h1-11,19-20H,12H2. The average Bonchev–Trinajstić information content (AvgIpc) is 2.57. The molecule has 2 aromatic carbocycles. The molecule has 0 amide bonds. The molecule has 0 atom stereocenters. The Morgan fingerprint density at radius 2 is 1.59 bits per heavy atom. The summed E-state index contributed by atoms with van der Waals surface area (Å²) in [5, 5.41) is 8.32. The maximum Gasteiger partial charge on any atom is 0.151 e. The van der Waals surface area contributed by atoms with Crippen LogP contribution in [0.15, 0.2) is 66.7 Å². The Hall–Kier alpha value is -2.43. The molecular formula is C17H15ClN4. The summed E-state index contributed by atoms with van der Waals surface area (Å²) in [6, 6.07) is 21.8. The van der Waals surface area contributed by atoms with Crippen LogP contribution in [0.5, 0.6) is 0 Å². The predicted octanol–water partition coefficient (Wildman–Crippen LogP) is 3.91. The third-order valence-corrected chi connectivity index (χ3v) is 3.38. The van der Waals surface area contributed by atoms with Crippen LogP contribution in [0, 0.1) is 0 Å². The third kappa shape index (κ3) is 3.81. The van der Waals surface area contributed by atoms with Gasteiger partial charge in [-0.1, -0.05) is 54.1 Å². The van der Waals surface area contributed by atoms with Gasteiger partial charge in [0.1, 0.15) is 0 Å². The lowest BCUT2D eigenvalue weighted by molar-refractivity contribution is 0.801. The highest BCUT2D eigenvalue weighted by molar-refractivity contribution is 6.29. The number of rotatable bonds is 5. The second kappa shape index (κ2) is 7.02. The highest BCUT2D eigenvalue weighted by Gasteiger charge is 2.00. The van der Waals surface area contributed by atoms with Crippen LogP contribution < -0.4 is 10.9 Å².